The van der Waals surface area contributed by atoms with Crippen LogP contribution >= 0.6 is 8.45 Å². The lowest BCUT2D eigenvalue weighted by atomic mass is 9.80. The molecule has 0 N–H and O–H groups in total. The van der Waals surface area contributed by atoms with Crippen LogP contribution in [0.4, 0.5) is 22.7 Å². The third-order valence-electron chi connectivity index (χ3n) is 9.19. The van der Waals surface area contributed by atoms with Crippen LogP contribution in [0.1, 0.15) is 86.1 Å². The van der Waals surface area contributed by atoms with E-state index in [-0.39, 0.29) is 10.8 Å². The Morgan fingerprint density at radius 2 is 1.00 bits per heavy atom. The lowest BCUT2D eigenvalue weighted by molar-refractivity contribution is 0.526. The van der Waals surface area contributed by atoms with Crippen molar-refractivity contribution in [3.63, 3.8) is 0 Å². The molecule has 0 radical (unpaired) electrons. The Labute approximate surface area is 278 Å². The number of hydrogen-bond acceptors (Lipinski definition) is 3. The van der Waals surface area contributed by atoms with E-state index in [1.165, 1.54) is 78.0 Å². The zero-order chi connectivity index (χ0) is 33.3. The normalized spacial score (nSPS) is 13.9. The van der Waals surface area contributed by atoms with Crippen molar-refractivity contribution in [3.05, 3.63) is 123 Å². The van der Waals surface area contributed by atoms with E-state index in [4.69, 9.17) is 4.52 Å². The van der Waals surface area contributed by atoms with Crippen LogP contribution in [0, 0.1) is 41.5 Å². The summed E-state index contributed by atoms with van der Waals surface area (Å²) in [4.78, 5) is 0. The first-order valence-electron chi connectivity index (χ1n) is 16.5. The van der Waals surface area contributed by atoms with Gasteiger partial charge in [-0.15, -0.1) is 0 Å². The minimum Gasteiger partial charge on any atom is -0.436 e. The standard InChI is InChI=1S/C42H49N2OP/c1-26-21-28(3)39(29(4)22-26)43-35-17-13-15-32-16-14-18-36(38(32)35)44(40-30(5)23-27(2)24-31(40)6)46(43)45-37-20-19-33(41(7,8)9)25-34(37)42(10,11)12/h13-25H,1-12H3. The molecule has 0 atom stereocenters. The third kappa shape index (κ3) is 5.58. The van der Waals surface area contributed by atoms with E-state index in [0.29, 0.717) is 0 Å². The summed E-state index contributed by atoms with van der Waals surface area (Å²) >= 11 is 0. The fraction of sp³-hybridized carbons (Fsp3) is 0.333. The molecular weight excluding hydrogens is 579 g/mol. The summed E-state index contributed by atoms with van der Waals surface area (Å²) in [6.07, 6.45) is 0. The molecule has 0 saturated heterocycles. The summed E-state index contributed by atoms with van der Waals surface area (Å²) < 4.78 is 12.7. The van der Waals surface area contributed by atoms with Crippen LogP contribution in [0.15, 0.2) is 78.9 Å². The molecule has 5 aromatic rings. The number of nitrogens with zero attached hydrogens (tertiary/aromatic N) is 2. The van der Waals surface area contributed by atoms with Gasteiger partial charge in [0.15, 0.2) is 0 Å². The Kier molecular flexibility index (Phi) is 8.01. The molecule has 0 spiro atoms. The van der Waals surface area contributed by atoms with Crippen molar-refractivity contribution >= 4 is 42.0 Å². The Morgan fingerprint density at radius 1 is 0.543 bits per heavy atom. The summed E-state index contributed by atoms with van der Waals surface area (Å²) in [5.74, 6) is 0.943. The minimum atomic E-state index is -1.46. The van der Waals surface area contributed by atoms with Crippen molar-refractivity contribution in [2.45, 2.75) is 93.9 Å². The fourth-order valence-corrected chi connectivity index (χ4v) is 9.54. The number of rotatable bonds is 4. The summed E-state index contributed by atoms with van der Waals surface area (Å²) in [5.41, 5.74) is 14.8. The molecule has 238 valence electrons. The Hall–Kier alpha value is -3.81. The number of hydrogen-bond donors (Lipinski definition) is 0. The lowest BCUT2D eigenvalue weighted by Crippen LogP contribution is -2.31. The van der Waals surface area contributed by atoms with Crippen molar-refractivity contribution in [1.29, 1.82) is 0 Å². The van der Waals surface area contributed by atoms with Crippen LogP contribution in [0.5, 0.6) is 5.75 Å². The maximum atomic E-state index is 7.60. The average molecular weight is 629 g/mol. The van der Waals surface area contributed by atoms with Gasteiger partial charge in [-0.05, 0) is 104 Å². The first-order valence-corrected chi connectivity index (χ1v) is 17.6. The van der Waals surface area contributed by atoms with E-state index in [9.17, 15) is 0 Å². The number of benzene rings is 5. The molecule has 0 aliphatic carbocycles. The average Bonchev–Trinajstić information content (AvgIpc) is 2.94. The molecule has 1 aliphatic heterocycles. The molecule has 6 rings (SSSR count). The highest BCUT2D eigenvalue weighted by Gasteiger charge is 2.42. The maximum absolute atomic E-state index is 7.60. The van der Waals surface area contributed by atoms with Crippen molar-refractivity contribution in [2.75, 3.05) is 9.34 Å². The molecule has 1 aliphatic rings. The second-order valence-electron chi connectivity index (χ2n) is 15.3. The summed E-state index contributed by atoms with van der Waals surface area (Å²) in [7, 11) is -1.46. The molecule has 0 bridgehead atoms. The van der Waals surface area contributed by atoms with Crippen molar-refractivity contribution in [2.24, 2.45) is 0 Å². The topological polar surface area (TPSA) is 15.7 Å². The smallest absolute Gasteiger partial charge is 0.319 e. The van der Waals surface area contributed by atoms with Gasteiger partial charge in [-0.25, -0.2) is 0 Å². The van der Waals surface area contributed by atoms with Gasteiger partial charge in [-0.3, -0.25) is 9.34 Å². The Bertz CT molecular complexity index is 1830. The zero-order valence-corrected chi connectivity index (χ0v) is 30.6. The van der Waals surface area contributed by atoms with E-state index < -0.39 is 8.45 Å². The van der Waals surface area contributed by atoms with E-state index in [1.54, 1.807) is 0 Å². The SMILES string of the molecule is Cc1cc(C)c(N2c3cccc4cccc(c34)N(c3c(C)cc(C)cc3C)P2Oc2ccc(C(C)(C)C)cc2C(C)(C)C)c(C)c1. The van der Waals surface area contributed by atoms with Gasteiger partial charge in [0.2, 0.25) is 0 Å². The van der Waals surface area contributed by atoms with Gasteiger partial charge in [-0.1, -0.05) is 113 Å². The lowest BCUT2D eigenvalue weighted by Gasteiger charge is -2.46. The predicted octanol–water partition coefficient (Wildman–Crippen LogP) is 12.9. The van der Waals surface area contributed by atoms with Gasteiger partial charge in [0.25, 0.3) is 0 Å². The molecular formula is C42H49N2OP. The summed E-state index contributed by atoms with van der Waals surface area (Å²) in [6, 6.07) is 29.5. The van der Waals surface area contributed by atoms with Crippen LogP contribution < -0.4 is 13.9 Å². The van der Waals surface area contributed by atoms with Gasteiger partial charge >= 0.3 is 8.45 Å². The van der Waals surface area contributed by atoms with Crippen LogP contribution in [-0.4, -0.2) is 0 Å². The molecule has 46 heavy (non-hydrogen) atoms. The van der Waals surface area contributed by atoms with Gasteiger partial charge in [0.1, 0.15) is 5.75 Å². The maximum Gasteiger partial charge on any atom is 0.319 e. The Morgan fingerprint density at radius 3 is 1.41 bits per heavy atom. The molecule has 0 amide bonds. The van der Waals surface area contributed by atoms with Crippen molar-refractivity contribution in [3.8, 4) is 5.75 Å². The van der Waals surface area contributed by atoms with E-state index in [2.05, 4.69) is 171 Å². The molecule has 0 aromatic heterocycles. The molecule has 0 fully saturated rings. The van der Waals surface area contributed by atoms with Gasteiger partial charge in [0, 0.05) is 10.9 Å². The van der Waals surface area contributed by atoms with Crippen LogP contribution in [0.3, 0.4) is 0 Å². The Balaban J connectivity index is 1.71. The second kappa shape index (κ2) is 11.5. The molecule has 5 aromatic carbocycles. The second-order valence-corrected chi connectivity index (χ2v) is 16.8. The number of anilines is 4. The van der Waals surface area contributed by atoms with Crippen LogP contribution in [-0.2, 0) is 10.8 Å². The quantitative estimate of drug-likeness (QED) is 0.184. The zero-order valence-electron chi connectivity index (χ0n) is 29.8. The minimum absolute atomic E-state index is 0.0353. The van der Waals surface area contributed by atoms with Gasteiger partial charge < -0.3 is 4.52 Å². The predicted molar refractivity (Wildman–Crippen MR) is 201 cm³/mol. The van der Waals surface area contributed by atoms with E-state index >= 15 is 0 Å². The highest BCUT2D eigenvalue weighted by atomic mass is 31.2. The van der Waals surface area contributed by atoms with Gasteiger partial charge in [-0.2, -0.15) is 0 Å². The molecule has 0 unspecified atom stereocenters. The summed E-state index contributed by atoms with van der Waals surface area (Å²) in [6.45, 7) is 27.1. The molecule has 1 heterocycles. The van der Waals surface area contributed by atoms with Crippen molar-refractivity contribution < 1.29 is 4.52 Å². The molecule has 0 saturated carbocycles. The third-order valence-corrected chi connectivity index (χ3v) is 11.1. The summed E-state index contributed by atoms with van der Waals surface area (Å²) in [5, 5.41) is 2.49. The van der Waals surface area contributed by atoms with Crippen LogP contribution in [0.25, 0.3) is 10.8 Å². The number of aryl methyl sites for hydroxylation is 6. The first kappa shape index (κ1) is 32.1. The van der Waals surface area contributed by atoms with E-state index in [1.807, 2.05) is 0 Å². The van der Waals surface area contributed by atoms with Crippen LogP contribution in [0.2, 0.25) is 0 Å². The highest BCUT2D eigenvalue weighted by molar-refractivity contribution is 7.58. The van der Waals surface area contributed by atoms with E-state index in [0.717, 1.165) is 5.75 Å². The molecule has 3 nitrogen and oxygen atoms in total. The van der Waals surface area contributed by atoms with Gasteiger partial charge in [0.05, 0.1) is 22.7 Å². The largest absolute Gasteiger partial charge is 0.436 e. The van der Waals surface area contributed by atoms with Crippen molar-refractivity contribution in [1.82, 2.24) is 0 Å². The highest BCUT2D eigenvalue weighted by Crippen LogP contribution is 2.65. The monoisotopic (exact) mass is 628 g/mol. The fourth-order valence-electron chi connectivity index (χ4n) is 7.19. The first-order chi connectivity index (χ1) is 21.6. The molecule has 4 heteroatoms.